The lowest BCUT2D eigenvalue weighted by Gasteiger charge is -2.31. The number of carbonyl (C=O) groups excluding carboxylic acids is 3. The molecule has 0 bridgehead atoms. The molecule has 0 radical (unpaired) electrons. The zero-order valence-corrected chi connectivity index (χ0v) is 23.2. The van der Waals surface area contributed by atoms with Crippen molar-refractivity contribution in [1.82, 2.24) is 20.0 Å². The molecule has 0 aromatic heterocycles. The summed E-state index contributed by atoms with van der Waals surface area (Å²) in [6.07, 6.45) is 1.54. The van der Waals surface area contributed by atoms with E-state index in [4.69, 9.17) is 4.74 Å². The number of ether oxygens (including phenoxy) is 1. The van der Waals surface area contributed by atoms with Crippen molar-refractivity contribution in [3.05, 3.63) is 69.8 Å². The molecule has 2 heterocycles. The molecule has 0 unspecified atom stereocenters. The molecular formula is C29H40N4O4. The van der Waals surface area contributed by atoms with Gasteiger partial charge in [-0.2, -0.15) is 0 Å². The van der Waals surface area contributed by atoms with Gasteiger partial charge in [-0.3, -0.25) is 9.59 Å². The van der Waals surface area contributed by atoms with Gasteiger partial charge in [-0.05, 0) is 86.7 Å². The number of amides is 3. The summed E-state index contributed by atoms with van der Waals surface area (Å²) >= 11 is 0. The smallest absolute Gasteiger partial charge is 0.410 e. The lowest BCUT2D eigenvalue weighted by atomic mass is 9.97. The normalized spacial score (nSPS) is 14.4. The van der Waals surface area contributed by atoms with Crippen LogP contribution in [-0.2, 0) is 30.7 Å². The summed E-state index contributed by atoms with van der Waals surface area (Å²) in [6, 6.07) is 11.7. The highest BCUT2D eigenvalue weighted by Gasteiger charge is 2.26. The third-order valence-corrected chi connectivity index (χ3v) is 6.27. The average molecular weight is 509 g/mol. The quantitative estimate of drug-likeness (QED) is 0.669. The molecular weight excluding hydrogens is 468 g/mol. The van der Waals surface area contributed by atoms with Crippen molar-refractivity contribution >= 4 is 17.9 Å². The van der Waals surface area contributed by atoms with Crippen LogP contribution in [0.5, 0.6) is 0 Å². The summed E-state index contributed by atoms with van der Waals surface area (Å²) in [6.45, 7) is 8.61. The monoisotopic (exact) mass is 508 g/mol. The zero-order valence-electron chi connectivity index (χ0n) is 23.2. The van der Waals surface area contributed by atoms with E-state index in [0.29, 0.717) is 18.7 Å². The third-order valence-electron chi connectivity index (χ3n) is 6.27. The average Bonchev–Trinajstić information content (AvgIpc) is 2.86. The van der Waals surface area contributed by atoms with E-state index in [9.17, 15) is 14.4 Å². The summed E-state index contributed by atoms with van der Waals surface area (Å²) in [5.74, 6) is 0.0422. The fourth-order valence-electron chi connectivity index (χ4n) is 4.30. The molecule has 0 saturated heterocycles. The maximum absolute atomic E-state index is 12.2. The molecule has 4 rings (SSSR count). The van der Waals surface area contributed by atoms with Crippen molar-refractivity contribution in [2.24, 2.45) is 0 Å². The number of fused-ring (bicyclic) bond motifs is 2. The minimum atomic E-state index is -0.500. The van der Waals surface area contributed by atoms with Gasteiger partial charge in [-0.15, -0.1) is 0 Å². The largest absolute Gasteiger partial charge is 0.444 e. The molecule has 37 heavy (non-hydrogen) atoms. The minimum Gasteiger partial charge on any atom is -0.444 e. The molecule has 8 nitrogen and oxygen atoms in total. The van der Waals surface area contributed by atoms with Crippen LogP contribution in [0.3, 0.4) is 0 Å². The Bertz CT molecular complexity index is 1150. The second-order valence-electron chi connectivity index (χ2n) is 10.9. The summed E-state index contributed by atoms with van der Waals surface area (Å²) in [5, 5.41) is 3.31. The van der Waals surface area contributed by atoms with Crippen molar-refractivity contribution in [3.8, 4) is 0 Å². The third kappa shape index (κ3) is 7.55. The first-order valence-corrected chi connectivity index (χ1v) is 12.7. The predicted molar refractivity (Wildman–Crippen MR) is 145 cm³/mol. The van der Waals surface area contributed by atoms with Crippen LogP contribution in [0.15, 0.2) is 36.4 Å². The SMILES string of the molecule is CN(C)C(=O)c1ccc2c(c1)CN(C(=O)OC(C)(C)C)CC2.CN(C)C(=O)c1ccc2c(c1)CNCC2. The van der Waals surface area contributed by atoms with Gasteiger partial charge in [-0.25, -0.2) is 4.79 Å². The van der Waals surface area contributed by atoms with Crippen LogP contribution < -0.4 is 5.32 Å². The Balaban J connectivity index is 0.000000220. The number of rotatable bonds is 2. The van der Waals surface area contributed by atoms with Crippen LogP contribution in [0.1, 0.15) is 63.7 Å². The highest BCUT2D eigenvalue weighted by Crippen LogP contribution is 2.23. The van der Waals surface area contributed by atoms with Gasteiger partial charge >= 0.3 is 6.09 Å². The maximum atomic E-state index is 12.2. The second-order valence-corrected chi connectivity index (χ2v) is 10.9. The predicted octanol–water partition coefficient (Wildman–Crippen LogP) is 3.72. The van der Waals surface area contributed by atoms with Crippen molar-refractivity contribution < 1.29 is 19.1 Å². The second kappa shape index (κ2) is 11.8. The van der Waals surface area contributed by atoms with Crippen LogP contribution in [0, 0.1) is 0 Å². The van der Waals surface area contributed by atoms with Gasteiger partial charge in [0, 0.05) is 59.0 Å². The molecule has 0 atom stereocenters. The van der Waals surface area contributed by atoms with E-state index < -0.39 is 5.60 Å². The van der Waals surface area contributed by atoms with E-state index in [2.05, 4.69) is 11.4 Å². The topological polar surface area (TPSA) is 82.2 Å². The number of nitrogens with zero attached hydrogens (tertiary/aromatic N) is 3. The number of benzene rings is 2. The molecule has 0 aliphatic carbocycles. The van der Waals surface area contributed by atoms with E-state index in [-0.39, 0.29) is 17.9 Å². The standard InChI is InChI=1S/C17H24N2O3.C12H16N2O/c1-17(2,3)22-16(21)19-9-8-12-6-7-13(10-14(12)11-19)15(20)18(4)5;1-14(2)12(15)10-4-3-9-5-6-13-8-11(9)7-10/h6-7,10H,8-9,11H2,1-5H3;3-4,7,13H,5-6,8H2,1-2H3. The Morgan fingerprint density at radius 2 is 1.35 bits per heavy atom. The summed E-state index contributed by atoms with van der Waals surface area (Å²) < 4.78 is 5.42. The molecule has 2 aliphatic rings. The summed E-state index contributed by atoms with van der Waals surface area (Å²) in [5.41, 5.74) is 5.76. The Hall–Kier alpha value is -3.39. The van der Waals surface area contributed by atoms with Crippen molar-refractivity contribution in [1.29, 1.82) is 0 Å². The van der Waals surface area contributed by atoms with Crippen molar-refractivity contribution in [3.63, 3.8) is 0 Å². The van der Waals surface area contributed by atoms with Crippen LogP contribution in [-0.4, -0.2) is 79.5 Å². The fraction of sp³-hybridized carbons (Fsp3) is 0.483. The molecule has 200 valence electrons. The fourth-order valence-corrected chi connectivity index (χ4v) is 4.30. The van der Waals surface area contributed by atoms with E-state index >= 15 is 0 Å². The zero-order chi connectivity index (χ0) is 27.3. The summed E-state index contributed by atoms with van der Waals surface area (Å²) in [7, 11) is 7.02. The molecule has 0 spiro atoms. The number of carbonyl (C=O) groups is 3. The molecule has 2 aromatic carbocycles. The van der Waals surface area contributed by atoms with Gasteiger partial charge in [0.1, 0.15) is 5.60 Å². The van der Waals surface area contributed by atoms with E-state index in [1.54, 1.807) is 42.9 Å². The van der Waals surface area contributed by atoms with Gasteiger partial charge in [0.05, 0.1) is 0 Å². The van der Waals surface area contributed by atoms with Crippen molar-refractivity contribution in [2.75, 3.05) is 41.3 Å². The van der Waals surface area contributed by atoms with Crippen LogP contribution in [0.25, 0.3) is 0 Å². The first-order chi connectivity index (χ1) is 17.4. The van der Waals surface area contributed by atoms with Gasteiger partial charge in [0.15, 0.2) is 0 Å². The molecule has 2 aliphatic heterocycles. The van der Waals surface area contributed by atoms with Gasteiger partial charge < -0.3 is 24.8 Å². The minimum absolute atomic E-state index is 0.0304. The number of hydrogen-bond donors (Lipinski definition) is 1. The first-order valence-electron chi connectivity index (χ1n) is 12.7. The van der Waals surface area contributed by atoms with Crippen LogP contribution >= 0.6 is 0 Å². The molecule has 3 amide bonds. The first kappa shape index (κ1) is 28.2. The van der Waals surface area contributed by atoms with E-state index in [1.807, 2.05) is 51.1 Å². The number of nitrogens with one attached hydrogen (secondary N) is 1. The van der Waals surface area contributed by atoms with Crippen LogP contribution in [0.2, 0.25) is 0 Å². The number of hydrogen-bond acceptors (Lipinski definition) is 5. The van der Waals surface area contributed by atoms with E-state index in [1.165, 1.54) is 16.7 Å². The lowest BCUT2D eigenvalue weighted by molar-refractivity contribution is 0.0224. The Kier molecular flexibility index (Phi) is 8.97. The van der Waals surface area contributed by atoms with Gasteiger partial charge in [0.25, 0.3) is 11.8 Å². The molecule has 8 heteroatoms. The summed E-state index contributed by atoms with van der Waals surface area (Å²) in [4.78, 5) is 40.8. The molecule has 0 saturated carbocycles. The molecule has 0 fully saturated rings. The van der Waals surface area contributed by atoms with Gasteiger partial charge in [0.2, 0.25) is 0 Å². The molecule has 1 N–H and O–H groups in total. The Morgan fingerprint density at radius 3 is 1.89 bits per heavy atom. The lowest BCUT2D eigenvalue weighted by Crippen LogP contribution is -2.40. The highest BCUT2D eigenvalue weighted by molar-refractivity contribution is 5.94. The van der Waals surface area contributed by atoms with Crippen molar-refractivity contribution in [2.45, 2.75) is 52.3 Å². The maximum Gasteiger partial charge on any atom is 0.410 e. The Labute approximate surface area is 220 Å². The Morgan fingerprint density at radius 1 is 0.811 bits per heavy atom. The molecule has 2 aromatic rings. The van der Waals surface area contributed by atoms with Gasteiger partial charge in [-0.1, -0.05) is 12.1 Å². The van der Waals surface area contributed by atoms with Crippen LogP contribution in [0.4, 0.5) is 4.79 Å². The highest BCUT2D eigenvalue weighted by atomic mass is 16.6. The van der Waals surface area contributed by atoms with E-state index in [0.717, 1.165) is 37.1 Å².